The molecule has 1 aromatic carbocycles. The molecule has 1 fully saturated rings. The summed E-state index contributed by atoms with van der Waals surface area (Å²) in [5.74, 6) is -0.131. The number of nitrogens with zero attached hydrogens (tertiary/aromatic N) is 1. The summed E-state index contributed by atoms with van der Waals surface area (Å²) >= 11 is 0. The van der Waals surface area contributed by atoms with E-state index in [2.05, 4.69) is 17.1 Å². The van der Waals surface area contributed by atoms with Crippen molar-refractivity contribution in [1.82, 2.24) is 10.2 Å². The Bertz CT molecular complexity index is 394. The fourth-order valence-electron chi connectivity index (χ4n) is 3.11. The second-order valence-corrected chi connectivity index (χ2v) is 5.51. The van der Waals surface area contributed by atoms with Crippen molar-refractivity contribution in [3.8, 4) is 0 Å². The molecule has 2 nitrogen and oxygen atoms in total. The van der Waals surface area contributed by atoms with Crippen LogP contribution >= 0.6 is 0 Å². The van der Waals surface area contributed by atoms with Gasteiger partial charge in [0.25, 0.3) is 0 Å². The Morgan fingerprint density at radius 2 is 2.26 bits per heavy atom. The third-order valence-corrected chi connectivity index (χ3v) is 4.23. The van der Waals surface area contributed by atoms with E-state index in [0.717, 1.165) is 18.7 Å². The van der Waals surface area contributed by atoms with Gasteiger partial charge in [-0.05, 0) is 64.0 Å². The van der Waals surface area contributed by atoms with E-state index in [1.807, 2.05) is 19.2 Å². The van der Waals surface area contributed by atoms with E-state index in [1.165, 1.54) is 31.7 Å². The maximum atomic E-state index is 13.4. The van der Waals surface area contributed by atoms with E-state index in [9.17, 15) is 4.39 Å². The lowest BCUT2D eigenvalue weighted by Crippen LogP contribution is -2.42. The molecule has 106 valence electrons. The largest absolute Gasteiger partial charge is 0.320 e. The topological polar surface area (TPSA) is 15.3 Å². The van der Waals surface area contributed by atoms with Gasteiger partial charge >= 0.3 is 0 Å². The highest BCUT2D eigenvalue weighted by Crippen LogP contribution is 2.29. The number of likely N-dealkylation sites (tertiary alicyclic amines) is 1. The number of rotatable bonds is 5. The molecule has 19 heavy (non-hydrogen) atoms. The van der Waals surface area contributed by atoms with Crippen LogP contribution in [0.4, 0.5) is 4.39 Å². The van der Waals surface area contributed by atoms with Crippen LogP contribution < -0.4 is 5.32 Å². The summed E-state index contributed by atoms with van der Waals surface area (Å²) in [4.78, 5) is 2.55. The molecule has 0 aromatic heterocycles. The molecule has 0 saturated carbocycles. The molecule has 2 rings (SSSR count). The molecule has 1 heterocycles. The first-order valence-electron chi connectivity index (χ1n) is 7.38. The monoisotopic (exact) mass is 264 g/mol. The van der Waals surface area contributed by atoms with Gasteiger partial charge in [-0.1, -0.05) is 18.6 Å². The SMILES string of the molecule is CNCCC1CCCCN1C(C)c1cccc(F)c1. The number of piperidine rings is 1. The zero-order valence-electron chi connectivity index (χ0n) is 12.0. The normalized spacial score (nSPS) is 22.4. The first kappa shape index (κ1) is 14.5. The fraction of sp³-hybridized carbons (Fsp3) is 0.625. The van der Waals surface area contributed by atoms with Gasteiger partial charge in [0.2, 0.25) is 0 Å². The molecular formula is C16H25FN2. The van der Waals surface area contributed by atoms with E-state index in [1.54, 1.807) is 6.07 Å². The summed E-state index contributed by atoms with van der Waals surface area (Å²) in [5, 5.41) is 3.24. The Balaban J connectivity index is 2.08. The molecule has 3 heteroatoms. The van der Waals surface area contributed by atoms with Gasteiger partial charge < -0.3 is 5.32 Å². The van der Waals surface area contributed by atoms with Crippen molar-refractivity contribution >= 4 is 0 Å². The Kier molecular flexibility index (Phi) is 5.34. The molecule has 0 bridgehead atoms. The van der Waals surface area contributed by atoms with Crippen molar-refractivity contribution < 1.29 is 4.39 Å². The van der Waals surface area contributed by atoms with E-state index >= 15 is 0 Å². The second kappa shape index (κ2) is 7.01. The summed E-state index contributed by atoms with van der Waals surface area (Å²) in [6.45, 7) is 4.38. The summed E-state index contributed by atoms with van der Waals surface area (Å²) in [6, 6.07) is 7.97. The first-order valence-corrected chi connectivity index (χ1v) is 7.38. The van der Waals surface area contributed by atoms with E-state index in [4.69, 9.17) is 0 Å². The Morgan fingerprint density at radius 3 is 3.00 bits per heavy atom. The number of nitrogens with one attached hydrogen (secondary N) is 1. The van der Waals surface area contributed by atoms with Gasteiger partial charge in [-0.15, -0.1) is 0 Å². The molecule has 1 aromatic rings. The summed E-state index contributed by atoms with van der Waals surface area (Å²) in [7, 11) is 2.00. The third-order valence-electron chi connectivity index (χ3n) is 4.23. The van der Waals surface area contributed by atoms with Crippen LogP contribution in [-0.2, 0) is 0 Å². The average Bonchev–Trinajstić information content (AvgIpc) is 2.44. The third kappa shape index (κ3) is 3.77. The summed E-state index contributed by atoms with van der Waals surface area (Å²) < 4.78 is 13.4. The number of halogens is 1. The van der Waals surface area contributed by atoms with Gasteiger partial charge in [0.15, 0.2) is 0 Å². The van der Waals surface area contributed by atoms with Crippen molar-refractivity contribution in [3.05, 3.63) is 35.6 Å². The number of benzene rings is 1. The molecule has 1 N–H and O–H groups in total. The van der Waals surface area contributed by atoms with Crippen LogP contribution in [0.3, 0.4) is 0 Å². The number of hydrogen-bond donors (Lipinski definition) is 1. The van der Waals surface area contributed by atoms with Crippen LogP contribution in [0.2, 0.25) is 0 Å². The highest BCUT2D eigenvalue weighted by molar-refractivity contribution is 5.20. The van der Waals surface area contributed by atoms with Crippen molar-refractivity contribution in [3.63, 3.8) is 0 Å². The maximum absolute atomic E-state index is 13.4. The molecule has 2 unspecified atom stereocenters. The minimum Gasteiger partial charge on any atom is -0.320 e. The molecule has 0 amide bonds. The van der Waals surface area contributed by atoms with Crippen molar-refractivity contribution in [2.75, 3.05) is 20.1 Å². The molecule has 0 radical (unpaired) electrons. The zero-order valence-corrected chi connectivity index (χ0v) is 12.0. The van der Waals surface area contributed by atoms with Crippen LogP contribution in [0.15, 0.2) is 24.3 Å². The van der Waals surface area contributed by atoms with Gasteiger partial charge in [-0.25, -0.2) is 4.39 Å². The predicted molar refractivity (Wildman–Crippen MR) is 77.7 cm³/mol. The van der Waals surface area contributed by atoms with Gasteiger partial charge in [0.1, 0.15) is 5.82 Å². The zero-order chi connectivity index (χ0) is 13.7. The lowest BCUT2D eigenvalue weighted by molar-refractivity contribution is 0.0970. The first-order chi connectivity index (χ1) is 9.22. The molecular weight excluding hydrogens is 239 g/mol. The average molecular weight is 264 g/mol. The lowest BCUT2D eigenvalue weighted by atomic mass is 9.95. The number of hydrogen-bond acceptors (Lipinski definition) is 2. The van der Waals surface area contributed by atoms with Crippen LogP contribution in [0.5, 0.6) is 0 Å². The van der Waals surface area contributed by atoms with Crippen LogP contribution in [0, 0.1) is 5.82 Å². The van der Waals surface area contributed by atoms with Gasteiger partial charge in [-0.3, -0.25) is 4.90 Å². The van der Waals surface area contributed by atoms with Gasteiger partial charge in [0, 0.05) is 12.1 Å². The molecule has 2 atom stereocenters. The van der Waals surface area contributed by atoms with Crippen LogP contribution in [0.1, 0.15) is 44.2 Å². The molecule has 1 aliphatic rings. The predicted octanol–water partition coefficient (Wildman–Crippen LogP) is 3.35. The Labute approximate surface area is 116 Å². The summed E-state index contributed by atoms with van der Waals surface area (Å²) in [6.07, 6.45) is 5.02. The van der Waals surface area contributed by atoms with Gasteiger partial charge in [0.05, 0.1) is 0 Å². The standard InChI is InChI=1S/C16H25FN2/c1-13(14-6-5-7-15(17)12-14)19-11-4-3-8-16(19)9-10-18-2/h5-7,12-13,16,18H,3-4,8-11H2,1-2H3. The quantitative estimate of drug-likeness (QED) is 0.877. The molecule has 0 spiro atoms. The Hall–Kier alpha value is -0.930. The van der Waals surface area contributed by atoms with E-state index in [0.29, 0.717) is 12.1 Å². The van der Waals surface area contributed by atoms with E-state index in [-0.39, 0.29) is 5.82 Å². The van der Waals surface area contributed by atoms with Crippen molar-refractivity contribution in [2.45, 2.75) is 44.7 Å². The second-order valence-electron chi connectivity index (χ2n) is 5.51. The Morgan fingerprint density at radius 1 is 1.42 bits per heavy atom. The maximum Gasteiger partial charge on any atom is 0.123 e. The molecule has 1 aliphatic heterocycles. The van der Waals surface area contributed by atoms with E-state index < -0.39 is 0 Å². The highest BCUT2D eigenvalue weighted by atomic mass is 19.1. The van der Waals surface area contributed by atoms with Crippen molar-refractivity contribution in [2.24, 2.45) is 0 Å². The van der Waals surface area contributed by atoms with Crippen molar-refractivity contribution in [1.29, 1.82) is 0 Å². The fourth-order valence-corrected chi connectivity index (χ4v) is 3.11. The minimum atomic E-state index is -0.131. The highest BCUT2D eigenvalue weighted by Gasteiger charge is 2.26. The molecule has 1 saturated heterocycles. The van der Waals surface area contributed by atoms with Crippen LogP contribution in [0.25, 0.3) is 0 Å². The molecule has 0 aliphatic carbocycles. The van der Waals surface area contributed by atoms with Gasteiger partial charge in [-0.2, -0.15) is 0 Å². The smallest absolute Gasteiger partial charge is 0.123 e. The van der Waals surface area contributed by atoms with Crippen LogP contribution in [-0.4, -0.2) is 31.1 Å². The lowest BCUT2D eigenvalue weighted by Gasteiger charge is -2.40. The minimum absolute atomic E-state index is 0.131. The summed E-state index contributed by atoms with van der Waals surface area (Å²) in [5.41, 5.74) is 1.09.